The Balaban J connectivity index is 2.17. The van der Waals surface area contributed by atoms with Gasteiger partial charge in [-0.15, -0.1) is 0 Å². The molecule has 0 bridgehead atoms. The van der Waals surface area contributed by atoms with Gasteiger partial charge in [0.2, 0.25) is 10.0 Å². The molecule has 7 nitrogen and oxygen atoms in total. The fraction of sp³-hybridized carbons (Fsp3) is 0.917. The molecule has 1 amide bonds. The number of nitrogens with zero attached hydrogens (tertiary/aromatic N) is 2. The molecule has 1 unspecified atom stereocenters. The lowest BCUT2D eigenvalue weighted by Crippen LogP contribution is -2.56. The highest BCUT2D eigenvalue weighted by molar-refractivity contribution is 7.89. The third kappa shape index (κ3) is 3.30. The van der Waals surface area contributed by atoms with Crippen molar-refractivity contribution in [2.75, 3.05) is 38.6 Å². The molecule has 2 aliphatic rings. The van der Waals surface area contributed by atoms with Crippen LogP contribution < -0.4 is 5.43 Å². The molecule has 0 spiro atoms. The van der Waals surface area contributed by atoms with Crippen molar-refractivity contribution >= 4 is 15.9 Å². The Kier molecular flexibility index (Phi) is 5.00. The minimum Gasteiger partial charge on any atom is -0.378 e. The minimum atomic E-state index is -3.30. The van der Waals surface area contributed by atoms with Crippen molar-refractivity contribution in [2.45, 2.75) is 26.3 Å². The Morgan fingerprint density at radius 2 is 2.00 bits per heavy atom. The Morgan fingerprint density at radius 3 is 2.60 bits per heavy atom. The van der Waals surface area contributed by atoms with E-state index in [1.807, 2.05) is 13.8 Å². The van der Waals surface area contributed by atoms with Crippen LogP contribution >= 0.6 is 0 Å². The number of hydrogen-bond acceptors (Lipinski definition) is 5. The molecular formula is C12H23N3O4S. The van der Waals surface area contributed by atoms with E-state index in [0.29, 0.717) is 39.3 Å². The Morgan fingerprint density at radius 1 is 1.25 bits per heavy atom. The van der Waals surface area contributed by atoms with Gasteiger partial charge < -0.3 is 4.74 Å². The van der Waals surface area contributed by atoms with Crippen molar-refractivity contribution in [3.05, 3.63) is 0 Å². The molecule has 0 aliphatic carbocycles. The van der Waals surface area contributed by atoms with Crippen LogP contribution in [0.5, 0.6) is 0 Å². The van der Waals surface area contributed by atoms with Crippen molar-refractivity contribution in [2.24, 2.45) is 5.92 Å². The zero-order valence-corrected chi connectivity index (χ0v) is 12.9. The van der Waals surface area contributed by atoms with Gasteiger partial charge in [-0.05, 0) is 12.3 Å². The fourth-order valence-electron chi connectivity index (χ4n) is 2.65. The first-order valence-electron chi connectivity index (χ1n) is 7.05. The van der Waals surface area contributed by atoms with Gasteiger partial charge in [-0.1, -0.05) is 13.8 Å². The lowest BCUT2D eigenvalue weighted by molar-refractivity contribution is -0.139. The van der Waals surface area contributed by atoms with E-state index in [-0.39, 0.29) is 17.6 Å². The second-order valence-electron chi connectivity index (χ2n) is 5.48. The van der Waals surface area contributed by atoms with Gasteiger partial charge in [-0.3, -0.25) is 9.80 Å². The number of amides is 1. The molecule has 0 aromatic rings. The Labute approximate surface area is 120 Å². The third-order valence-corrected chi connectivity index (χ3v) is 5.54. The van der Waals surface area contributed by atoms with Crippen LogP contribution in [0.25, 0.3) is 0 Å². The maximum absolute atomic E-state index is 12.7. The number of hydrazine groups is 1. The monoisotopic (exact) mass is 305 g/mol. The smallest absolute Gasteiger partial charge is 0.255 e. The van der Waals surface area contributed by atoms with Crippen molar-refractivity contribution in [3.63, 3.8) is 0 Å². The highest BCUT2D eigenvalue weighted by Crippen LogP contribution is 2.23. The predicted octanol–water partition coefficient (Wildman–Crippen LogP) is -0.590. The molecule has 2 saturated heterocycles. The van der Waals surface area contributed by atoms with Gasteiger partial charge in [0.15, 0.2) is 0 Å². The summed E-state index contributed by atoms with van der Waals surface area (Å²) in [5.41, 5.74) is 3.00. The molecule has 1 N–H and O–H groups in total. The summed E-state index contributed by atoms with van der Waals surface area (Å²) < 4.78 is 30.8. The number of rotatable bonds is 3. The van der Waals surface area contributed by atoms with Gasteiger partial charge in [0.25, 0.3) is 5.91 Å². The fourth-order valence-corrected chi connectivity index (χ4v) is 4.46. The zero-order valence-electron chi connectivity index (χ0n) is 12.0. The quantitative estimate of drug-likeness (QED) is 0.754. The largest absolute Gasteiger partial charge is 0.378 e. The van der Waals surface area contributed by atoms with E-state index >= 15 is 0 Å². The van der Waals surface area contributed by atoms with E-state index in [2.05, 4.69) is 5.43 Å². The summed E-state index contributed by atoms with van der Waals surface area (Å²) in [4.78, 5) is 12.7. The summed E-state index contributed by atoms with van der Waals surface area (Å²) in [5.74, 6) is -0.114. The summed E-state index contributed by atoms with van der Waals surface area (Å²) in [6.07, 6.45) is 0.593. The van der Waals surface area contributed by atoms with Gasteiger partial charge in [0, 0.05) is 13.1 Å². The second kappa shape index (κ2) is 6.38. The van der Waals surface area contributed by atoms with E-state index in [4.69, 9.17) is 4.74 Å². The van der Waals surface area contributed by atoms with Crippen LogP contribution in [0.1, 0.15) is 20.3 Å². The summed E-state index contributed by atoms with van der Waals surface area (Å²) in [6.45, 7) is 6.21. The van der Waals surface area contributed by atoms with Gasteiger partial charge in [-0.2, -0.15) is 4.31 Å². The number of carbonyl (C=O) groups excluding carboxylic acids is 1. The lowest BCUT2D eigenvalue weighted by Gasteiger charge is -2.33. The van der Waals surface area contributed by atoms with Crippen LogP contribution in [-0.4, -0.2) is 68.3 Å². The highest BCUT2D eigenvalue weighted by atomic mass is 32.2. The Hall–Kier alpha value is -0.700. The van der Waals surface area contributed by atoms with Gasteiger partial charge in [-0.25, -0.2) is 13.8 Å². The molecule has 1 atom stereocenters. The van der Waals surface area contributed by atoms with Gasteiger partial charge in [0.1, 0.15) is 6.04 Å². The van der Waals surface area contributed by atoms with Crippen LogP contribution in [0.4, 0.5) is 0 Å². The molecule has 116 valence electrons. The molecular weight excluding hydrogens is 282 g/mol. The summed E-state index contributed by atoms with van der Waals surface area (Å²) in [5, 5.41) is 1.51. The Bertz CT molecular complexity index is 444. The SMILES string of the molecule is CC(C)C(C(=O)N1CCOCCN1)N1CCCS1(=O)=O. The maximum atomic E-state index is 12.7. The van der Waals surface area contributed by atoms with E-state index < -0.39 is 16.1 Å². The van der Waals surface area contributed by atoms with Crippen LogP contribution in [0, 0.1) is 5.92 Å². The molecule has 2 rings (SSSR count). The minimum absolute atomic E-state index is 0.0682. The number of nitrogens with one attached hydrogen (secondary N) is 1. The van der Waals surface area contributed by atoms with Crippen LogP contribution in [0.3, 0.4) is 0 Å². The summed E-state index contributed by atoms with van der Waals surface area (Å²) in [6, 6.07) is -0.631. The van der Waals surface area contributed by atoms with Crippen molar-refractivity contribution in [1.82, 2.24) is 14.7 Å². The molecule has 8 heteroatoms. The topological polar surface area (TPSA) is 79.0 Å². The zero-order chi connectivity index (χ0) is 14.8. The number of carbonyl (C=O) groups is 1. The molecule has 0 radical (unpaired) electrons. The highest BCUT2D eigenvalue weighted by Gasteiger charge is 2.41. The summed E-state index contributed by atoms with van der Waals surface area (Å²) in [7, 11) is -3.30. The second-order valence-corrected chi connectivity index (χ2v) is 7.52. The first-order valence-corrected chi connectivity index (χ1v) is 8.66. The first kappa shape index (κ1) is 15.7. The van der Waals surface area contributed by atoms with Crippen molar-refractivity contribution in [3.8, 4) is 0 Å². The average Bonchev–Trinajstić information content (AvgIpc) is 2.60. The summed E-state index contributed by atoms with van der Waals surface area (Å²) >= 11 is 0. The maximum Gasteiger partial charge on any atom is 0.255 e. The van der Waals surface area contributed by atoms with E-state index in [0.717, 1.165) is 0 Å². The third-order valence-electron chi connectivity index (χ3n) is 3.61. The van der Waals surface area contributed by atoms with Gasteiger partial charge in [0.05, 0.1) is 25.5 Å². The molecule has 20 heavy (non-hydrogen) atoms. The van der Waals surface area contributed by atoms with Crippen LogP contribution in [0.15, 0.2) is 0 Å². The number of sulfonamides is 1. The molecule has 0 saturated carbocycles. The van der Waals surface area contributed by atoms with Gasteiger partial charge >= 0.3 is 0 Å². The lowest BCUT2D eigenvalue weighted by atomic mass is 10.0. The van der Waals surface area contributed by atoms with Crippen LogP contribution in [0.2, 0.25) is 0 Å². The number of hydrogen-bond donors (Lipinski definition) is 1. The standard InChI is InChI=1S/C12H23N3O4S/c1-10(2)11(15-5-3-9-20(15,17)18)12(16)14-6-8-19-7-4-13-14/h10-11,13H,3-9H2,1-2H3. The van der Waals surface area contributed by atoms with E-state index in [1.54, 1.807) is 0 Å². The number of ether oxygens (including phenoxy) is 1. The molecule has 2 fully saturated rings. The van der Waals surface area contributed by atoms with E-state index in [9.17, 15) is 13.2 Å². The molecule has 2 aliphatic heterocycles. The molecule has 2 heterocycles. The molecule has 0 aromatic carbocycles. The normalized spacial score (nSPS) is 25.6. The van der Waals surface area contributed by atoms with Crippen molar-refractivity contribution in [1.29, 1.82) is 0 Å². The average molecular weight is 305 g/mol. The first-order chi connectivity index (χ1) is 9.43. The van der Waals surface area contributed by atoms with E-state index in [1.165, 1.54) is 9.31 Å². The van der Waals surface area contributed by atoms with Crippen LogP contribution in [-0.2, 0) is 19.6 Å². The van der Waals surface area contributed by atoms with Crippen molar-refractivity contribution < 1.29 is 17.9 Å². The predicted molar refractivity (Wildman–Crippen MR) is 74.3 cm³/mol. The molecule has 0 aromatic heterocycles.